The van der Waals surface area contributed by atoms with Crippen LogP contribution in [0.4, 0.5) is 5.69 Å². The molecule has 4 aromatic rings. The maximum absolute atomic E-state index is 12.4. The van der Waals surface area contributed by atoms with Crippen LogP contribution in [0.1, 0.15) is 10.4 Å². The fourth-order valence-electron chi connectivity index (χ4n) is 2.80. The number of benzene rings is 2. The Labute approximate surface area is 190 Å². The van der Waals surface area contributed by atoms with Crippen molar-refractivity contribution in [2.75, 3.05) is 11.1 Å². The van der Waals surface area contributed by atoms with E-state index in [0.29, 0.717) is 21.7 Å². The van der Waals surface area contributed by atoms with Gasteiger partial charge in [0.2, 0.25) is 5.91 Å². The number of amides is 1. The van der Waals surface area contributed by atoms with Gasteiger partial charge in [0.15, 0.2) is 11.0 Å². The summed E-state index contributed by atoms with van der Waals surface area (Å²) in [6, 6.07) is 17.2. The third-order valence-corrected chi connectivity index (χ3v) is 6.33. The van der Waals surface area contributed by atoms with E-state index in [4.69, 9.17) is 16.7 Å². The molecule has 31 heavy (non-hydrogen) atoms. The van der Waals surface area contributed by atoms with E-state index in [1.807, 2.05) is 40.3 Å². The highest BCUT2D eigenvalue weighted by Crippen LogP contribution is 2.33. The van der Waals surface area contributed by atoms with E-state index in [1.54, 1.807) is 18.2 Å². The normalized spacial score (nSPS) is 10.7. The minimum absolute atomic E-state index is 0.0910. The molecule has 0 aliphatic carbocycles. The molecule has 7 nitrogen and oxygen atoms in total. The first-order valence-corrected chi connectivity index (χ1v) is 11.3. The molecule has 2 aromatic carbocycles. The number of carboxylic acids is 1. The number of rotatable bonds is 7. The van der Waals surface area contributed by atoms with Crippen molar-refractivity contribution in [1.82, 2.24) is 14.8 Å². The Hall–Kier alpha value is -3.14. The topological polar surface area (TPSA) is 97.1 Å². The molecule has 10 heteroatoms. The average Bonchev–Trinajstić information content (AvgIpc) is 3.43. The first-order valence-electron chi connectivity index (χ1n) is 9.03. The molecule has 4 rings (SSSR count). The molecule has 0 saturated heterocycles. The zero-order valence-corrected chi connectivity index (χ0v) is 18.2. The van der Waals surface area contributed by atoms with E-state index in [-0.39, 0.29) is 17.2 Å². The van der Waals surface area contributed by atoms with Gasteiger partial charge in [-0.1, -0.05) is 41.6 Å². The lowest BCUT2D eigenvalue weighted by Crippen LogP contribution is -2.14. The summed E-state index contributed by atoms with van der Waals surface area (Å²) in [5.41, 5.74) is 1.40. The minimum atomic E-state index is -1.02. The zero-order chi connectivity index (χ0) is 21.8. The number of nitrogens with zero attached hydrogens (tertiary/aromatic N) is 3. The summed E-state index contributed by atoms with van der Waals surface area (Å²) in [4.78, 5) is 24.3. The summed E-state index contributed by atoms with van der Waals surface area (Å²) in [7, 11) is 0. The second-order valence-corrected chi connectivity index (χ2v) is 8.59. The molecule has 156 valence electrons. The summed E-state index contributed by atoms with van der Waals surface area (Å²) in [5.74, 6) is -0.531. The number of thiophene rings is 1. The van der Waals surface area contributed by atoms with Crippen LogP contribution in [0.5, 0.6) is 0 Å². The molecule has 0 spiro atoms. The third kappa shape index (κ3) is 4.79. The van der Waals surface area contributed by atoms with Gasteiger partial charge in [-0.25, -0.2) is 4.79 Å². The highest BCUT2D eigenvalue weighted by atomic mass is 35.5. The third-order valence-electron chi connectivity index (χ3n) is 4.22. The number of carboxylic acid groups (broad SMARTS) is 1. The summed E-state index contributed by atoms with van der Waals surface area (Å²) in [6.45, 7) is 0. The molecule has 0 bridgehead atoms. The van der Waals surface area contributed by atoms with E-state index in [2.05, 4.69) is 15.5 Å². The summed E-state index contributed by atoms with van der Waals surface area (Å²) in [6.07, 6.45) is 0. The number of carbonyl (C=O) groups is 2. The second kappa shape index (κ2) is 9.34. The lowest BCUT2D eigenvalue weighted by Gasteiger charge is -2.11. The Bertz CT molecular complexity index is 1220. The Morgan fingerprint density at radius 3 is 2.52 bits per heavy atom. The van der Waals surface area contributed by atoms with Gasteiger partial charge in [0.05, 0.1) is 26.9 Å². The number of carbonyl (C=O) groups excluding carboxylic acids is 1. The summed E-state index contributed by atoms with van der Waals surface area (Å²) < 4.78 is 1.84. The molecule has 2 aromatic heterocycles. The van der Waals surface area contributed by atoms with Crippen LogP contribution in [0.2, 0.25) is 5.02 Å². The lowest BCUT2D eigenvalue weighted by atomic mass is 10.2. The molecule has 0 atom stereocenters. The van der Waals surface area contributed by atoms with Crippen molar-refractivity contribution in [3.63, 3.8) is 0 Å². The van der Waals surface area contributed by atoms with Gasteiger partial charge in [0.1, 0.15) is 0 Å². The molecule has 0 aliphatic heterocycles. The number of anilines is 1. The fraction of sp³-hybridized carbons (Fsp3) is 0.0476. The van der Waals surface area contributed by atoms with Crippen molar-refractivity contribution in [2.24, 2.45) is 0 Å². The Kier molecular flexibility index (Phi) is 6.36. The molecule has 0 fully saturated rings. The van der Waals surface area contributed by atoms with Crippen LogP contribution < -0.4 is 5.32 Å². The maximum atomic E-state index is 12.4. The SMILES string of the molecule is O=C(CSc1nnc(-c2cccs2)n1-c1ccccc1Cl)Nc1ccc(C(=O)O)cc1. The van der Waals surface area contributed by atoms with Crippen LogP contribution in [0.3, 0.4) is 0 Å². The van der Waals surface area contributed by atoms with Gasteiger partial charge in [-0.3, -0.25) is 9.36 Å². The maximum Gasteiger partial charge on any atom is 0.335 e. The average molecular weight is 471 g/mol. The van der Waals surface area contributed by atoms with E-state index in [0.717, 1.165) is 10.6 Å². The molecular formula is C21H15ClN4O3S2. The van der Waals surface area contributed by atoms with Crippen molar-refractivity contribution >= 4 is 52.3 Å². The van der Waals surface area contributed by atoms with Crippen molar-refractivity contribution in [1.29, 1.82) is 0 Å². The number of hydrogen-bond donors (Lipinski definition) is 2. The predicted octanol–water partition coefficient (Wildman–Crippen LogP) is 5.08. The van der Waals surface area contributed by atoms with Gasteiger partial charge < -0.3 is 10.4 Å². The highest BCUT2D eigenvalue weighted by Gasteiger charge is 2.19. The molecule has 1 amide bonds. The summed E-state index contributed by atoms with van der Waals surface area (Å²) in [5, 5.41) is 23.3. The molecule has 0 aliphatic rings. The number of hydrogen-bond acceptors (Lipinski definition) is 6. The van der Waals surface area contributed by atoms with Gasteiger partial charge in [-0.2, -0.15) is 0 Å². The van der Waals surface area contributed by atoms with Gasteiger partial charge in [-0.05, 0) is 47.8 Å². The van der Waals surface area contributed by atoms with Crippen LogP contribution in [0.15, 0.2) is 71.2 Å². The Morgan fingerprint density at radius 2 is 1.84 bits per heavy atom. The molecule has 0 radical (unpaired) electrons. The Morgan fingerprint density at radius 1 is 1.06 bits per heavy atom. The minimum Gasteiger partial charge on any atom is -0.478 e. The van der Waals surface area contributed by atoms with Crippen molar-refractivity contribution in [3.05, 3.63) is 76.6 Å². The Balaban J connectivity index is 1.54. The number of halogens is 1. The molecule has 0 unspecified atom stereocenters. The van der Waals surface area contributed by atoms with Gasteiger partial charge in [0, 0.05) is 5.69 Å². The van der Waals surface area contributed by atoms with Crippen LogP contribution in [-0.2, 0) is 4.79 Å². The quantitative estimate of drug-likeness (QED) is 0.366. The number of aromatic carboxylic acids is 1. The van der Waals surface area contributed by atoms with E-state index < -0.39 is 5.97 Å². The van der Waals surface area contributed by atoms with Crippen LogP contribution in [-0.4, -0.2) is 37.5 Å². The lowest BCUT2D eigenvalue weighted by molar-refractivity contribution is -0.113. The van der Waals surface area contributed by atoms with Crippen molar-refractivity contribution < 1.29 is 14.7 Å². The highest BCUT2D eigenvalue weighted by molar-refractivity contribution is 7.99. The van der Waals surface area contributed by atoms with Crippen molar-refractivity contribution in [3.8, 4) is 16.4 Å². The molecule has 0 saturated carbocycles. The number of aromatic nitrogens is 3. The molecule has 2 N–H and O–H groups in total. The zero-order valence-electron chi connectivity index (χ0n) is 15.9. The smallest absolute Gasteiger partial charge is 0.335 e. The number of thioether (sulfide) groups is 1. The largest absolute Gasteiger partial charge is 0.478 e. The monoisotopic (exact) mass is 470 g/mol. The van der Waals surface area contributed by atoms with E-state index >= 15 is 0 Å². The standard InChI is InChI=1S/C21H15ClN4O3S2/c22-15-4-1-2-5-16(15)26-19(17-6-3-11-30-17)24-25-21(26)31-12-18(27)23-14-9-7-13(8-10-14)20(28)29/h1-11H,12H2,(H,23,27)(H,28,29). The van der Waals surface area contributed by atoms with E-state index in [1.165, 1.54) is 35.2 Å². The molecular weight excluding hydrogens is 456 g/mol. The number of nitrogens with one attached hydrogen (secondary N) is 1. The van der Waals surface area contributed by atoms with Gasteiger partial charge >= 0.3 is 5.97 Å². The molecule has 2 heterocycles. The van der Waals surface area contributed by atoms with E-state index in [9.17, 15) is 9.59 Å². The van der Waals surface area contributed by atoms with Gasteiger partial charge in [0.25, 0.3) is 0 Å². The van der Waals surface area contributed by atoms with Crippen LogP contribution in [0, 0.1) is 0 Å². The number of para-hydroxylation sites is 1. The first kappa shape index (κ1) is 21.1. The second-order valence-electron chi connectivity index (χ2n) is 6.29. The first-order chi connectivity index (χ1) is 15.0. The predicted molar refractivity (Wildman–Crippen MR) is 122 cm³/mol. The van der Waals surface area contributed by atoms with Crippen LogP contribution >= 0.6 is 34.7 Å². The van der Waals surface area contributed by atoms with Crippen molar-refractivity contribution in [2.45, 2.75) is 5.16 Å². The summed E-state index contributed by atoms with van der Waals surface area (Å²) >= 11 is 9.19. The van der Waals surface area contributed by atoms with Gasteiger partial charge in [-0.15, -0.1) is 21.5 Å². The van der Waals surface area contributed by atoms with Crippen LogP contribution in [0.25, 0.3) is 16.4 Å². The fourth-order valence-corrected chi connectivity index (χ4v) is 4.47.